The van der Waals surface area contributed by atoms with Crippen molar-refractivity contribution in [3.8, 4) is 17.6 Å². The number of benzene rings is 2. The molecule has 2 saturated carbocycles. The Morgan fingerprint density at radius 2 is 1.21 bits per heavy atom. The van der Waals surface area contributed by atoms with E-state index in [4.69, 9.17) is 9.47 Å². The van der Waals surface area contributed by atoms with Gasteiger partial charge >= 0.3 is 0 Å². The van der Waals surface area contributed by atoms with Crippen LogP contribution in [0.4, 0.5) is 0 Å². The third kappa shape index (κ3) is 6.12. The van der Waals surface area contributed by atoms with Crippen LogP contribution >= 0.6 is 0 Å². The molecule has 152 valence electrons. The molecule has 0 aliphatic heterocycles. The second-order valence-corrected chi connectivity index (χ2v) is 8.42. The maximum absolute atomic E-state index is 5.83. The van der Waals surface area contributed by atoms with E-state index in [1.807, 2.05) is 24.3 Å². The van der Waals surface area contributed by atoms with Gasteiger partial charge in [-0.1, -0.05) is 62.5 Å². The minimum absolute atomic E-state index is 0.336. The van der Waals surface area contributed by atoms with E-state index in [1.54, 1.807) is 0 Å². The molecule has 0 N–H and O–H groups in total. The van der Waals surface area contributed by atoms with Crippen molar-refractivity contribution in [3.05, 3.63) is 65.2 Å². The molecule has 0 radical (unpaired) electrons. The minimum atomic E-state index is 0.336. The van der Waals surface area contributed by atoms with Crippen LogP contribution < -0.4 is 4.74 Å². The van der Waals surface area contributed by atoms with Gasteiger partial charge in [-0.2, -0.15) is 0 Å². The summed E-state index contributed by atoms with van der Waals surface area (Å²) in [6.07, 6.45) is 13.4. The highest BCUT2D eigenvalue weighted by molar-refractivity contribution is 5.45. The number of hydrogen-bond acceptors (Lipinski definition) is 2. The molecule has 29 heavy (non-hydrogen) atoms. The van der Waals surface area contributed by atoms with Crippen LogP contribution in [-0.2, 0) is 4.74 Å². The van der Waals surface area contributed by atoms with Crippen molar-refractivity contribution in [1.82, 2.24) is 0 Å². The Hall–Kier alpha value is -2.24. The van der Waals surface area contributed by atoms with Gasteiger partial charge in [-0.15, -0.1) is 0 Å². The predicted octanol–water partition coefficient (Wildman–Crippen LogP) is 6.82. The topological polar surface area (TPSA) is 18.5 Å². The molecule has 2 aliphatic rings. The highest BCUT2D eigenvalue weighted by Crippen LogP contribution is 2.32. The summed E-state index contributed by atoms with van der Waals surface area (Å²) in [6, 6.07) is 16.8. The molecule has 0 aromatic heterocycles. The minimum Gasteiger partial charge on any atom is -0.468 e. The van der Waals surface area contributed by atoms with Crippen LogP contribution in [0, 0.1) is 11.8 Å². The van der Waals surface area contributed by atoms with Gasteiger partial charge in [0.05, 0.1) is 6.10 Å². The van der Waals surface area contributed by atoms with Crippen LogP contribution in [-0.4, -0.2) is 12.9 Å². The van der Waals surface area contributed by atoms with Crippen molar-refractivity contribution in [2.45, 2.75) is 76.2 Å². The molecule has 0 unspecified atom stereocenters. The number of hydrogen-bond donors (Lipinski definition) is 0. The van der Waals surface area contributed by atoms with E-state index in [2.05, 4.69) is 36.1 Å². The zero-order chi connectivity index (χ0) is 19.7. The Morgan fingerprint density at radius 3 is 1.83 bits per heavy atom. The van der Waals surface area contributed by atoms with Gasteiger partial charge in [-0.3, -0.25) is 0 Å². The normalized spacial score (nSPS) is 18.1. The first-order chi connectivity index (χ1) is 14.4. The highest BCUT2D eigenvalue weighted by atomic mass is 16.7. The second kappa shape index (κ2) is 10.5. The van der Waals surface area contributed by atoms with Crippen molar-refractivity contribution < 1.29 is 9.47 Å². The molecule has 2 aromatic rings. The van der Waals surface area contributed by atoms with Gasteiger partial charge in [-0.05, 0) is 73.6 Å². The lowest BCUT2D eigenvalue weighted by Crippen LogP contribution is -2.19. The summed E-state index contributed by atoms with van der Waals surface area (Å²) in [7, 11) is 0. The highest BCUT2D eigenvalue weighted by Gasteiger charge is 2.15. The fourth-order valence-electron chi connectivity index (χ4n) is 4.48. The molecule has 2 aromatic carbocycles. The van der Waals surface area contributed by atoms with E-state index in [0.717, 1.165) is 22.8 Å². The summed E-state index contributed by atoms with van der Waals surface area (Å²) >= 11 is 0. The molecule has 0 atom stereocenters. The molecular formula is C27H32O2. The van der Waals surface area contributed by atoms with Crippen LogP contribution in [0.15, 0.2) is 48.5 Å². The van der Waals surface area contributed by atoms with E-state index in [0.29, 0.717) is 12.9 Å². The summed E-state index contributed by atoms with van der Waals surface area (Å²) < 4.78 is 11.6. The molecule has 0 amide bonds. The summed E-state index contributed by atoms with van der Waals surface area (Å²) in [5.74, 6) is 8.13. The lowest BCUT2D eigenvalue weighted by molar-refractivity contribution is -0.0496. The van der Waals surface area contributed by atoms with Gasteiger partial charge < -0.3 is 9.47 Å². The summed E-state index contributed by atoms with van der Waals surface area (Å²) in [5.41, 5.74) is 3.56. The molecular weight excluding hydrogens is 356 g/mol. The van der Waals surface area contributed by atoms with Crippen LogP contribution in [0.25, 0.3) is 0 Å². The van der Waals surface area contributed by atoms with E-state index in [9.17, 15) is 0 Å². The summed E-state index contributed by atoms with van der Waals surface area (Å²) in [6.45, 7) is 0.336. The first-order valence-electron chi connectivity index (χ1n) is 11.3. The van der Waals surface area contributed by atoms with Gasteiger partial charge in [0.1, 0.15) is 5.75 Å². The smallest absolute Gasteiger partial charge is 0.189 e. The average molecular weight is 389 g/mol. The van der Waals surface area contributed by atoms with E-state index in [1.165, 1.54) is 69.8 Å². The summed E-state index contributed by atoms with van der Waals surface area (Å²) in [4.78, 5) is 0. The molecule has 2 aliphatic carbocycles. The van der Waals surface area contributed by atoms with Crippen LogP contribution in [0.2, 0.25) is 0 Å². The van der Waals surface area contributed by atoms with Crippen molar-refractivity contribution in [2.75, 3.05) is 6.79 Å². The van der Waals surface area contributed by atoms with Crippen LogP contribution in [0.5, 0.6) is 5.75 Å². The van der Waals surface area contributed by atoms with Crippen molar-refractivity contribution >= 4 is 0 Å². The van der Waals surface area contributed by atoms with Crippen molar-refractivity contribution in [2.24, 2.45) is 0 Å². The Kier molecular flexibility index (Phi) is 7.27. The molecule has 2 fully saturated rings. The van der Waals surface area contributed by atoms with Crippen LogP contribution in [0.1, 0.15) is 86.8 Å². The molecule has 4 rings (SSSR count). The third-order valence-electron chi connectivity index (χ3n) is 6.27. The molecule has 0 spiro atoms. The lowest BCUT2D eigenvalue weighted by atomic mass is 9.84. The van der Waals surface area contributed by atoms with Gasteiger partial charge in [0.15, 0.2) is 6.79 Å². The molecule has 2 nitrogen and oxygen atoms in total. The SMILES string of the molecule is C(#Cc1ccc(C2CCCCC2)cc1)c1ccc(OCOC2CCCCC2)cc1. The Labute approximate surface area is 175 Å². The Morgan fingerprint density at radius 1 is 0.655 bits per heavy atom. The van der Waals surface area contributed by atoms with Gasteiger partial charge in [-0.25, -0.2) is 0 Å². The van der Waals surface area contributed by atoms with Gasteiger partial charge in [0, 0.05) is 11.1 Å². The Balaban J connectivity index is 1.27. The zero-order valence-corrected chi connectivity index (χ0v) is 17.4. The Bertz CT molecular complexity index is 798. The van der Waals surface area contributed by atoms with Gasteiger partial charge in [0.2, 0.25) is 0 Å². The fourth-order valence-corrected chi connectivity index (χ4v) is 4.48. The van der Waals surface area contributed by atoms with Crippen molar-refractivity contribution in [3.63, 3.8) is 0 Å². The van der Waals surface area contributed by atoms with Gasteiger partial charge in [0.25, 0.3) is 0 Å². The number of rotatable bonds is 5. The maximum Gasteiger partial charge on any atom is 0.189 e. The third-order valence-corrected chi connectivity index (χ3v) is 6.27. The molecule has 0 heterocycles. The van der Waals surface area contributed by atoms with E-state index < -0.39 is 0 Å². The first-order valence-corrected chi connectivity index (χ1v) is 11.3. The molecule has 0 bridgehead atoms. The largest absolute Gasteiger partial charge is 0.468 e. The van der Waals surface area contributed by atoms with E-state index in [-0.39, 0.29) is 0 Å². The average Bonchev–Trinajstić information content (AvgIpc) is 2.80. The standard InChI is InChI=1S/C27H32O2/c1-3-7-24(8-4-1)25-17-13-22(14-18-25)11-12-23-15-19-27(20-16-23)29-21-28-26-9-5-2-6-10-26/h13-20,24,26H,1-10,21H2. The predicted molar refractivity (Wildman–Crippen MR) is 118 cm³/mol. The summed E-state index contributed by atoms with van der Waals surface area (Å²) in [5, 5.41) is 0. The maximum atomic E-state index is 5.83. The fraction of sp³-hybridized carbons (Fsp3) is 0.481. The lowest BCUT2D eigenvalue weighted by Gasteiger charge is -2.21. The number of ether oxygens (including phenoxy) is 2. The molecule has 0 saturated heterocycles. The van der Waals surface area contributed by atoms with Crippen molar-refractivity contribution in [1.29, 1.82) is 0 Å². The zero-order valence-electron chi connectivity index (χ0n) is 17.4. The second-order valence-electron chi connectivity index (χ2n) is 8.42. The van der Waals surface area contributed by atoms with E-state index >= 15 is 0 Å². The van der Waals surface area contributed by atoms with Crippen LogP contribution in [0.3, 0.4) is 0 Å². The molecule has 2 heteroatoms. The first kappa shape index (κ1) is 20.0. The monoisotopic (exact) mass is 388 g/mol. The quantitative estimate of drug-likeness (QED) is 0.413.